The normalized spacial score (nSPS) is 9.89. The molecule has 0 aliphatic rings. The van der Waals surface area contributed by atoms with E-state index in [1.165, 1.54) is 12.1 Å². The Labute approximate surface area is 106 Å². The smallest absolute Gasteiger partial charge is 0.255 e. The zero-order valence-electron chi connectivity index (χ0n) is 10.6. The molecule has 1 aromatic carbocycles. The molecule has 0 bridgehead atoms. The fraction of sp³-hybridized carbons (Fsp3) is 0.385. The van der Waals surface area contributed by atoms with Crippen LogP contribution in [0.4, 0.5) is 0 Å². The van der Waals surface area contributed by atoms with E-state index >= 15 is 0 Å². The quantitative estimate of drug-likeness (QED) is 0.818. The summed E-state index contributed by atoms with van der Waals surface area (Å²) in [6.07, 6.45) is 0. The molecule has 0 fully saturated rings. The van der Waals surface area contributed by atoms with Crippen LogP contribution >= 0.6 is 0 Å². The number of nitrogens with one attached hydrogen (secondary N) is 1. The van der Waals surface area contributed by atoms with Crippen LogP contribution in [-0.4, -0.2) is 41.5 Å². The van der Waals surface area contributed by atoms with Crippen molar-refractivity contribution in [2.24, 2.45) is 0 Å². The Bertz CT molecular complexity index is 428. The van der Waals surface area contributed by atoms with E-state index < -0.39 is 5.91 Å². The van der Waals surface area contributed by atoms with E-state index in [1.54, 1.807) is 17.0 Å². The van der Waals surface area contributed by atoms with E-state index in [0.29, 0.717) is 13.1 Å². The van der Waals surface area contributed by atoms with Crippen molar-refractivity contribution in [1.29, 1.82) is 0 Å². The molecular weight excluding hydrogens is 232 g/mol. The van der Waals surface area contributed by atoms with Gasteiger partial charge in [-0.3, -0.25) is 9.59 Å². The number of benzene rings is 1. The number of phenols is 1. The number of aromatic hydroxyl groups is 1. The van der Waals surface area contributed by atoms with E-state index in [2.05, 4.69) is 5.32 Å². The molecule has 18 heavy (non-hydrogen) atoms. The largest absolute Gasteiger partial charge is 0.507 e. The van der Waals surface area contributed by atoms with Crippen LogP contribution in [0.15, 0.2) is 24.3 Å². The van der Waals surface area contributed by atoms with E-state index in [9.17, 15) is 14.7 Å². The maximum absolute atomic E-state index is 11.7. The third-order valence-corrected chi connectivity index (χ3v) is 2.66. The van der Waals surface area contributed by atoms with Gasteiger partial charge in [0.15, 0.2) is 0 Å². The second-order valence-electron chi connectivity index (χ2n) is 3.77. The number of phenolic OH excluding ortho intramolecular Hbond substituents is 1. The molecule has 1 aromatic rings. The number of hydrogen-bond acceptors (Lipinski definition) is 3. The number of amides is 2. The first-order valence-corrected chi connectivity index (χ1v) is 5.94. The van der Waals surface area contributed by atoms with Crippen LogP contribution in [0, 0.1) is 0 Å². The van der Waals surface area contributed by atoms with Crippen LogP contribution in [-0.2, 0) is 4.79 Å². The second kappa shape index (κ2) is 6.64. The lowest BCUT2D eigenvalue weighted by Gasteiger charge is -2.18. The second-order valence-corrected chi connectivity index (χ2v) is 3.77. The van der Waals surface area contributed by atoms with Gasteiger partial charge in [0.25, 0.3) is 5.91 Å². The van der Waals surface area contributed by atoms with Crippen molar-refractivity contribution in [3.05, 3.63) is 29.8 Å². The maximum Gasteiger partial charge on any atom is 0.255 e. The van der Waals surface area contributed by atoms with Crippen molar-refractivity contribution in [2.45, 2.75) is 13.8 Å². The molecule has 0 saturated heterocycles. The number of nitrogens with zero attached hydrogens (tertiary/aromatic N) is 1. The van der Waals surface area contributed by atoms with Crippen molar-refractivity contribution < 1.29 is 14.7 Å². The predicted molar refractivity (Wildman–Crippen MR) is 68.4 cm³/mol. The first-order valence-electron chi connectivity index (χ1n) is 5.94. The average Bonchev–Trinajstić information content (AvgIpc) is 2.38. The Morgan fingerprint density at radius 1 is 1.22 bits per heavy atom. The number of rotatable bonds is 5. The van der Waals surface area contributed by atoms with Crippen molar-refractivity contribution in [2.75, 3.05) is 19.6 Å². The Hall–Kier alpha value is -2.04. The monoisotopic (exact) mass is 250 g/mol. The standard InChI is InChI=1S/C13H18N2O3/c1-3-15(4-2)12(17)9-14-13(18)10-7-5-6-8-11(10)16/h5-8,16H,3-4,9H2,1-2H3,(H,14,18). The minimum atomic E-state index is -0.450. The molecule has 5 nitrogen and oxygen atoms in total. The highest BCUT2D eigenvalue weighted by Gasteiger charge is 2.13. The third-order valence-electron chi connectivity index (χ3n) is 2.66. The zero-order valence-corrected chi connectivity index (χ0v) is 10.6. The highest BCUT2D eigenvalue weighted by atomic mass is 16.3. The molecule has 0 saturated carbocycles. The Kier molecular flexibility index (Phi) is 5.17. The fourth-order valence-corrected chi connectivity index (χ4v) is 1.60. The van der Waals surface area contributed by atoms with Gasteiger partial charge in [-0.15, -0.1) is 0 Å². The molecule has 0 spiro atoms. The van der Waals surface area contributed by atoms with Crippen molar-refractivity contribution in [1.82, 2.24) is 10.2 Å². The van der Waals surface area contributed by atoms with Crippen molar-refractivity contribution >= 4 is 11.8 Å². The van der Waals surface area contributed by atoms with Gasteiger partial charge in [0.1, 0.15) is 5.75 Å². The Morgan fingerprint density at radius 2 is 1.83 bits per heavy atom. The SMILES string of the molecule is CCN(CC)C(=O)CNC(=O)c1ccccc1O. The first kappa shape index (κ1) is 14.0. The van der Waals surface area contributed by atoms with Gasteiger partial charge in [0.2, 0.25) is 5.91 Å². The van der Waals surface area contributed by atoms with Gasteiger partial charge in [-0.25, -0.2) is 0 Å². The highest BCUT2D eigenvalue weighted by molar-refractivity contribution is 5.98. The molecule has 0 radical (unpaired) electrons. The lowest BCUT2D eigenvalue weighted by Crippen LogP contribution is -2.40. The summed E-state index contributed by atoms with van der Waals surface area (Å²) in [6, 6.07) is 6.22. The summed E-state index contributed by atoms with van der Waals surface area (Å²) in [5.41, 5.74) is 0.171. The highest BCUT2D eigenvalue weighted by Crippen LogP contribution is 2.14. The van der Waals surface area contributed by atoms with Crippen LogP contribution in [0.2, 0.25) is 0 Å². The molecule has 0 aliphatic heterocycles. The lowest BCUT2D eigenvalue weighted by molar-refractivity contribution is -0.129. The molecule has 2 amide bonds. The summed E-state index contributed by atoms with van der Waals surface area (Å²) in [4.78, 5) is 25.0. The van der Waals surface area contributed by atoms with E-state index in [4.69, 9.17) is 0 Å². The van der Waals surface area contributed by atoms with Crippen molar-refractivity contribution in [3.63, 3.8) is 0 Å². The van der Waals surface area contributed by atoms with Crippen LogP contribution in [0.1, 0.15) is 24.2 Å². The molecule has 5 heteroatoms. The predicted octanol–water partition coefficient (Wildman–Crippen LogP) is 0.990. The molecule has 0 unspecified atom stereocenters. The number of carbonyl (C=O) groups is 2. The summed E-state index contributed by atoms with van der Waals surface area (Å²) in [6.45, 7) is 4.93. The van der Waals surface area contributed by atoms with Crippen molar-refractivity contribution in [3.8, 4) is 5.75 Å². The lowest BCUT2D eigenvalue weighted by atomic mass is 10.2. The summed E-state index contributed by atoms with van der Waals surface area (Å²) in [5, 5.41) is 12.0. The minimum Gasteiger partial charge on any atom is -0.507 e. The maximum atomic E-state index is 11.7. The number of hydrogen-bond donors (Lipinski definition) is 2. The Balaban J connectivity index is 2.57. The summed E-state index contributed by atoms with van der Waals surface area (Å²) in [7, 11) is 0. The van der Waals surface area contributed by atoms with Gasteiger partial charge in [0.05, 0.1) is 12.1 Å². The average molecular weight is 250 g/mol. The minimum absolute atomic E-state index is 0.0607. The van der Waals surface area contributed by atoms with Crippen LogP contribution in [0.5, 0.6) is 5.75 Å². The van der Waals surface area contributed by atoms with E-state index in [0.717, 1.165) is 0 Å². The number of carbonyl (C=O) groups excluding carboxylic acids is 2. The van der Waals surface area contributed by atoms with E-state index in [-0.39, 0.29) is 23.8 Å². The van der Waals surface area contributed by atoms with Gasteiger partial charge in [-0.1, -0.05) is 12.1 Å². The van der Waals surface area contributed by atoms with Gasteiger partial charge in [-0.2, -0.15) is 0 Å². The third kappa shape index (κ3) is 3.48. The molecule has 2 N–H and O–H groups in total. The molecule has 0 aliphatic carbocycles. The van der Waals surface area contributed by atoms with Gasteiger partial charge < -0.3 is 15.3 Å². The van der Waals surface area contributed by atoms with Crippen LogP contribution in [0.3, 0.4) is 0 Å². The summed E-state index contributed by atoms with van der Waals surface area (Å²) < 4.78 is 0. The fourth-order valence-electron chi connectivity index (χ4n) is 1.60. The molecule has 1 rings (SSSR count). The number of para-hydroxylation sites is 1. The molecule has 98 valence electrons. The molecular formula is C13H18N2O3. The summed E-state index contributed by atoms with van der Waals surface area (Å²) >= 11 is 0. The van der Waals surface area contributed by atoms with Gasteiger partial charge in [0, 0.05) is 13.1 Å². The molecule has 0 aromatic heterocycles. The first-order chi connectivity index (χ1) is 8.60. The topological polar surface area (TPSA) is 69.6 Å². The van der Waals surface area contributed by atoms with Crippen LogP contribution < -0.4 is 5.32 Å². The van der Waals surface area contributed by atoms with Crippen LogP contribution in [0.25, 0.3) is 0 Å². The zero-order chi connectivity index (χ0) is 13.5. The van der Waals surface area contributed by atoms with Gasteiger partial charge >= 0.3 is 0 Å². The molecule has 0 heterocycles. The molecule has 0 atom stereocenters. The summed E-state index contributed by atoms with van der Waals surface area (Å²) in [5.74, 6) is -0.678. The van der Waals surface area contributed by atoms with Gasteiger partial charge in [-0.05, 0) is 26.0 Å². The number of likely N-dealkylation sites (N-methyl/N-ethyl adjacent to an activating group) is 1. The van der Waals surface area contributed by atoms with E-state index in [1.807, 2.05) is 13.8 Å². The Morgan fingerprint density at radius 3 is 2.39 bits per heavy atom.